The molecule has 3 N–H and O–H groups in total. The van der Waals surface area contributed by atoms with E-state index in [0.29, 0.717) is 19.7 Å². The first-order valence-electron chi connectivity index (χ1n) is 8.06. The van der Waals surface area contributed by atoms with E-state index < -0.39 is 6.04 Å². The predicted octanol–water partition coefficient (Wildman–Crippen LogP) is 0.258. The van der Waals surface area contributed by atoms with Gasteiger partial charge in [0.15, 0.2) is 0 Å². The number of carbonyl (C=O) groups excluding carboxylic acids is 2. The van der Waals surface area contributed by atoms with Gasteiger partial charge < -0.3 is 20.7 Å². The number of nitrogens with zero attached hydrogens (tertiary/aromatic N) is 1. The first kappa shape index (κ1) is 16.2. The Kier molecular flexibility index (Phi) is 5.99. The van der Waals surface area contributed by atoms with Crippen LogP contribution in [0.5, 0.6) is 0 Å². The van der Waals surface area contributed by atoms with Crippen molar-refractivity contribution in [2.75, 3.05) is 26.3 Å². The molecule has 1 saturated heterocycles. The van der Waals surface area contributed by atoms with Crippen molar-refractivity contribution in [2.24, 2.45) is 11.7 Å². The van der Waals surface area contributed by atoms with Gasteiger partial charge in [-0.3, -0.25) is 9.59 Å². The van der Waals surface area contributed by atoms with Gasteiger partial charge in [-0.15, -0.1) is 0 Å². The average molecular weight is 297 g/mol. The Morgan fingerprint density at radius 1 is 1.29 bits per heavy atom. The van der Waals surface area contributed by atoms with E-state index in [1.165, 1.54) is 0 Å². The van der Waals surface area contributed by atoms with Gasteiger partial charge in [0, 0.05) is 19.1 Å². The topological polar surface area (TPSA) is 84.7 Å². The third kappa shape index (κ3) is 3.95. The molecule has 6 nitrogen and oxygen atoms in total. The smallest absolute Gasteiger partial charge is 0.245 e. The molecule has 6 heteroatoms. The molecule has 3 atom stereocenters. The minimum absolute atomic E-state index is 0.0314. The largest absolute Gasteiger partial charge is 0.377 e. The third-order valence-corrected chi connectivity index (χ3v) is 4.45. The lowest BCUT2D eigenvalue weighted by Gasteiger charge is -2.37. The second-order valence-electron chi connectivity index (χ2n) is 5.93. The summed E-state index contributed by atoms with van der Waals surface area (Å²) in [6.45, 7) is 3.67. The van der Waals surface area contributed by atoms with Crippen molar-refractivity contribution in [3.05, 3.63) is 0 Å². The molecule has 0 bridgehead atoms. The van der Waals surface area contributed by atoms with Crippen LogP contribution < -0.4 is 11.1 Å². The Bertz CT molecular complexity index is 375. The predicted molar refractivity (Wildman–Crippen MR) is 79.6 cm³/mol. The summed E-state index contributed by atoms with van der Waals surface area (Å²) in [5.74, 6) is -0.251. The molecule has 0 aromatic rings. The van der Waals surface area contributed by atoms with Gasteiger partial charge in [-0.2, -0.15) is 0 Å². The van der Waals surface area contributed by atoms with Crippen molar-refractivity contribution < 1.29 is 14.3 Å². The van der Waals surface area contributed by atoms with Gasteiger partial charge in [0.1, 0.15) is 6.04 Å². The maximum Gasteiger partial charge on any atom is 0.245 e. The summed E-state index contributed by atoms with van der Waals surface area (Å²) < 4.78 is 5.38. The lowest BCUT2D eigenvalue weighted by molar-refractivity contribution is -0.152. The van der Waals surface area contributed by atoms with Gasteiger partial charge >= 0.3 is 0 Å². The SMILES string of the molecule is CCNC(=O)C1COCCN1C(=O)C1CCCCCC1N. The summed E-state index contributed by atoms with van der Waals surface area (Å²) in [7, 11) is 0. The molecule has 120 valence electrons. The summed E-state index contributed by atoms with van der Waals surface area (Å²) in [6.07, 6.45) is 5.00. The molecule has 0 spiro atoms. The van der Waals surface area contributed by atoms with Crippen LogP contribution in [0.25, 0.3) is 0 Å². The fourth-order valence-corrected chi connectivity index (χ4v) is 3.23. The molecule has 2 fully saturated rings. The van der Waals surface area contributed by atoms with Crippen molar-refractivity contribution in [3.63, 3.8) is 0 Å². The summed E-state index contributed by atoms with van der Waals surface area (Å²) in [4.78, 5) is 26.7. The Morgan fingerprint density at radius 2 is 2.05 bits per heavy atom. The number of ether oxygens (including phenoxy) is 1. The van der Waals surface area contributed by atoms with E-state index in [-0.39, 0.29) is 30.4 Å². The van der Waals surface area contributed by atoms with Gasteiger partial charge in [0.05, 0.1) is 19.1 Å². The molecule has 2 aliphatic rings. The van der Waals surface area contributed by atoms with Crippen molar-refractivity contribution in [2.45, 2.75) is 51.1 Å². The van der Waals surface area contributed by atoms with Crippen LogP contribution >= 0.6 is 0 Å². The van der Waals surface area contributed by atoms with Crippen LogP contribution in [0, 0.1) is 5.92 Å². The standard InChI is InChI=1S/C15H27N3O3/c1-2-17-14(19)13-10-21-9-8-18(13)15(20)11-6-4-3-5-7-12(11)16/h11-13H,2-10,16H2,1H3,(H,17,19). The van der Waals surface area contributed by atoms with Crippen molar-refractivity contribution in [1.29, 1.82) is 0 Å². The molecule has 1 aliphatic heterocycles. The van der Waals surface area contributed by atoms with Gasteiger partial charge in [0.25, 0.3) is 0 Å². The van der Waals surface area contributed by atoms with E-state index in [1.807, 2.05) is 6.92 Å². The second-order valence-corrected chi connectivity index (χ2v) is 5.93. The van der Waals surface area contributed by atoms with Crippen LogP contribution in [0.1, 0.15) is 39.0 Å². The van der Waals surface area contributed by atoms with Crippen LogP contribution in [-0.4, -0.2) is 55.1 Å². The van der Waals surface area contributed by atoms with Gasteiger partial charge in [0.2, 0.25) is 11.8 Å². The molecule has 1 heterocycles. The van der Waals surface area contributed by atoms with E-state index in [0.717, 1.165) is 32.1 Å². The second kappa shape index (κ2) is 7.75. The number of rotatable bonds is 3. The van der Waals surface area contributed by atoms with Gasteiger partial charge in [-0.05, 0) is 19.8 Å². The summed E-state index contributed by atoms with van der Waals surface area (Å²) in [6, 6.07) is -0.598. The van der Waals surface area contributed by atoms with Crippen molar-refractivity contribution >= 4 is 11.8 Å². The van der Waals surface area contributed by atoms with Crippen LogP contribution in [0.4, 0.5) is 0 Å². The highest BCUT2D eigenvalue weighted by molar-refractivity contribution is 5.89. The van der Waals surface area contributed by atoms with Gasteiger partial charge in [-0.1, -0.05) is 19.3 Å². The maximum atomic E-state index is 12.8. The molecule has 0 aromatic carbocycles. The fourth-order valence-electron chi connectivity index (χ4n) is 3.23. The van der Waals surface area contributed by atoms with Crippen molar-refractivity contribution in [3.8, 4) is 0 Å². The number of amides is 2. The highest BCUT2D eigenvalue weighted by Crippen LogP contribution is 2.25. The number of likely N-dealkylation sites (N-methyl/N-ethyl adjacent to an activating group) is 1. The van der Waals surface area contributed by atoms with Crippen LogP contribution in [0.2, 0.25) is 0 Å². The van der Waals surface area contributed by atoms with E-state index in [4.69, 9.17) is 10.5 Å². The summed E-state index contributed by atoms with van der Waals surface area (Å²) >= 11 is 0. The van der Waals surface area contributed by atoms with Crippen LogP contribution in [-0.2, 0) is 14.3 Å². The highest BCUT2D eigenvalue weighted by atomic mass is 16.5. The van der Waals surface area contributed by atoms with E-state index >= 15 is 0 Å². The number of nitrogens with one attached hydrogen (secondary N) is 1. The molecular formula is C15H27N3O3. The number of carbonyl (C=O) groups is 2. The molecule has 1 aliphatic carbocycles. The fraction of sp³-hybridized carbons (Fsp3) is 0.867. The van der Waals surface area contributed by atoms with Gasteiger partial charge in [-0.25, -0.2) is 0 Å². The lowest BCUT2D eigenvalue weighted by Crippen LogP contribution is -2.58. The van der Waals surface area contributed by atoms with E-state index in [2.05, 4.69) is 5.32 Å². The first-order valence-corrected chi connectivity index (χ1v) is 8.06. The molecule has 2 amide bonds. The highest BCUT2D eigenvalue weighted by Gasteiger charge is 2.38. The Labute approximate surface area is 126 Å². The number of hydrogen-bond acceptors (Lipinski definition) is 4. The molecule has 0 radical (unpaired) electrons. The first-order chi connectivity index (χ1) is 10.1. The van der Waals surface area contributed by atoms with Crippen LogP contribution in [0.15, 0.2) is 0 Å². The lowest BCUT2D eigenvalue weighted by atomic mass is 9.93. The molecule has 0 aromatic heterocycles. The summed E-state index contributed by atoms with van der Waals surface area (Å²) in [5, 5.41) is 2.78. The van der Waals surface area contributed by atoms with E-state index in [9.17, 15) is 9.59 Å². The number of morpholine rings is 1. The Morgan fingerprint density at radius 3 is 2.81 bits per heavy atom. The minimum atomic E-state index is -0.512. The monoisotopic (exact) mass is 297 g/mol. The zero-order valence-electron chi connectivity index (χ0n) is 12.8. The minimum Gasteiger partial charge on any atom is -0.377 e. The molecule has 21 heavy (non-hydrogen) atoms. The van der Waals surface area contributed by atoms with Crippen LogP contribution in [0.3, 0.4) is 0 Å². The Balaban J connectivity index is 2.08. The Hall–Kier alpha value is -1.14. The molecule has 2 rings (SSSR count). The number of hydrogen-bond donors (Lipinski definition) is 2. The average Bonchev–Trinajstić information content (AvgIpc) is 2.71. The summed E-state index contributed by atoms with van der Waals surface area (Å²) in [5.41, 5.74) is 6.19. The number of nitrogens with two attached hydrogens (primary N) is 1. The molecular weight excluding hydrogens is 270 g/mol. The van der Waals surface area contributed by atoms with E-state index in [1.54, 1.807) is 4.90 Å². The molecule has 3 unspecified atom stereocenters. The maximum absolute atomic E-state index is 12.8. The normalized spacial score (nSPS) is 30.6. The zero-order chi connectivity index (χ0) is 15.2. The third-order valence-electron chi connectivity index (χ3n) is 4.45. The quantitative estimate of drug-likeness (QED) is 0.732. The van der Waals surface area contributed by atoms with Crippen molar-refractivity contribution in [1.82, 2.24) is 10.2 Å². The molecule has 1 saturated carbocycles. The zero-order valence-corrected chi connectivity index (χ0v) is 12.8.